The fourth-order valence-electron chi connectivity index (χ4n) is 1.44. The monoisotopic (exact) mass is 307 g/mol. The Kier molecular flexibility index (Phi) is 5.52. The van der Waals surface area contributed by atoms with Crippen LogP contribution in [0.1, 0.15) is 6.92 Å². The highest BCUT2D eigenvalue weighted by Crippen LogP contribution is 2.31. The number of hydrogen-bond donors (Lipinski definition) is 2. The highest BCUT2D eigenvalue weighted by atomic mass is 35.5. The molecule has 1 aromatic carbocycles. The number of sulfonamides is 1. The summed E-state index contributed by atoms with van der Waals surface area (Å²) >= 11 is 5.85. The number of halogens is 1. The van der Waals surface area contributed by atoms with Crippen molar-refractivity contribution in [2.75, 3.05) is 24.2 Å². The van der Waals surface area contributed by atoms with E-state index in [1.165, 1.54) is 18.2 Å². The molecule has 0 aliphatic rings. The SMILES string of the molecule is CCNS(=O)(=O)CCNc1c(Cl)cccc1[N+](=O)[O-]. The molecule has 0 saturated heterocycles. The van der Waals surface area contributed by atoms with Gasteiger partial charge in [0.2, 0.25) is 10.0 Å². The second-order valence-corrected chi connectivity index (χ2v) is 5.97. The van der Waals surface area contributed by atoms with Gasteiger partial charge >= 0.3 is 0 Å². The van der Waals surface area contributed by atoms with Crippen LogP contribution in [0.4, 0.5) is 11.4 Å². The maximum Gasteiger partial charge on any atom is 0.293 e. The van der Waals surface area contributed by atoms with Gasteiger partial charge in [-0.05, 0) is 6.07 Å². The molecule has 19 heavy (non-hydrogen) atoms. The van der Waals surface area contributed by atoms with Crippen molar-refractivity contribution in [3.63, 3.8) is 0 Å². The number of para-hydroxylation sites is 1. The summed E-state index contributed by atoms with van der Waals surface area (Å²) in [5.41, 5.74) is -0.0609. The summed E-state index contributed by atoms with van der Waals surface area (Å²) in [6.45, 7) is 2.00. The fourth-order valence-corrected chi connectivity index (χ4v) is 2.63. The minimum absolute atomic E-state index is 0.0277. The van der Waals surface area contributed by atoms with Gasteiger partial charge < -0.3 is 5.32 Å². The maximum absolute atomic E-state index is 11.4. The van der Waals surface area contributed by atoms with Crippen molar-refractivity contribution in [1.29, 1.82) is 0 Å². The smallest absolute Gasteiger partial charge is 0.293 e. The summed E-state index contributed by atoms with van der Waals surface area (Å²) in [5.74, 6) is -0.191. The summed E-state index contributed by atoms with van der Waals surface area (Å²) in [5, 5.41) is 13.7. The summed E-state index contributed by atoms with van der Waals surface area (Å²) in [6, 6.07) is 4.25. The Hall–Kier alpha value is -1.38. The van der Waals surface area contributed by atoms with E-state index in [-0.39, 0.29) is 28.7 Å². The molecule has 9 heteroatoms. The first-order valence-electron chi connectivity index (χ1n) is 5.51. The van der Waals surface area contributed by atoms with Gasteiger partial charge in [-0.3, -0.25) is 10.1 Å². The Morgan fingerprint density at radius 2 is 2.11 bits per heavy atom. The number of nitrogens with zero attached hydrogens (tertiary/aromatic N) is 1. The van der Waals surface area contributed by atoms with Crippen molar-refractivity contribution in [2.24, 2.45) is 0 Å². The number of nitro groups is 1. The number of benzene rings is 1. The highest BCUT2D eigenvalue weighted by molar-refractivity contribution is 7.89. The molecular formula is C10H14ClN3O4S. The van der Waals surface area contributed by atoms with Crippen LogP contribution in [-0.4, -0.2) is 32.2 Å². The molecule has 7 nitrogen and oxygen atoms in total. The Morgan fingerprint density at radius 1 is 1.42 bits per heavy atom. The number of nitrogens with one attached hydrogen (secondary N) is 2. The van der Waals surface area contributed by atoms with Gasteiger partial charge in [0.05, 0.1) is 15.7 Å². The van der Waals surface area contributed by atoms with Crippen molar-refractivity contribution in [1.82, 2.24) is 4.72 Å². The van der Waals surface area contributed by atoms with Gasteiger partial charge in [0.25, 0.3) is 5.69 Å². The van der Waals surface area contributed by atoms with Crippen LogP contribution in [0.25, 0.3) is 0 Å². The first-order valence-corrected chi connectivity index (χ1v) is 7.54. The lowest BCUT2D eigenvalue weighted by atomic mass is 10.2. The van der Waals surface area contributed by atoms with Crippen molar-refractivity contribution < 1.29 is 13.3 Å². The third-order valence-corrected chi connectivity index (χ3v) is 4.01. The van der Waals surface area contributed by atoms with E-state index in [1.54, 1.807) is 6.92 Å². The van der Waals surface area contributed by atoms with Crippen molar-refractivity contribution >= 4 is 33.0 Å². The lowest BCUT2D eigenvalue weighted by molar-refractivity contribution is -0.383. The number of hydrogen-bond acceptors (Lipinski definition) is 5. The number of nitro benzene ring substituents is 1. The lowest BCUT2D eigenvalue weighted by Gasteiger charge is -2.09. The van der Waals surface area contributed by atoms with E-state index in [0.717, 1.165) is 0 Å². The van der Waals surface area contributed by atoms with Crippen LogP contribution in [0.5, 0.6) is 0 Å². The van der Waals surface area contributed by atoms with E-state index in [1.807, 2.05) is 0 Å². The van der Waals surface area contributed by atoms with E-state index < -0.39 is 14.9 Å². The normalized spacial score (nSPS) is 11.3. The minimum Gasteiger partial charge on any atom is -0.377 e. The zero-order valence-electron chi connectivity index (χ0n) is 10.2. The summed E-state index contributed by atoms with van der Waals surface area (Å²) in [6.07, 6.45) is 0. The van der Waals surface area contributed by atoms with Gasteiger partial charge in [0, 0.05) is 19.2 Å². The quantitative estimate of drug-likeness (QED) is 0.588. The molecule has 0 aliphatic heterocycles. The van der Waals surface area contributed by atoms with Crippen molar-refractivity contribution in [2.45, 2.75) is 6.92 Å². The Labute approximate surface area is 116 Å². The standard InChI is InChI=1S/C10H14ClN3O4S/c1-2-13-19(17,18)7-6-12-10-8(11)4-3-5-9(10)14(15)16/h3-5,12-13H,2,6-7H2,1H3. The number of rotatable bonds is 7. The molecule has 1 rings (SSSR count). The molecule has 0 heterocycles. The molecule has 0 radical (unpaired) electrons. The fraction of sp³-hybridized carbons (Fsp3) is 0.400. The Morgan fingerprint density at radius 3 is 2.68 bits per heavy atom. The van der Waals surface area contributed by atoms with Gasteiger partial charge in [0.15, 0.2) is 0 Å². The first kappa shape index (κ1) is 15.7. The average molecular weight is 308 g/mol. The van der Waals surface area contributed by atoms with Crippen LogP contribution in [-0.2, 0) is 10.0 Å². The van der Waals surface area contributed by atoms with E-state index in [9.17, 15) is 18.5 Å². The molecule has 106 valence electrons. The van der Waals surface area contributed by atoms with Crippen LogP contribution in [0.15, 0.2) is 18.2 Å². The van der Waals surface area contributed by atoms with Crippen molar-refractivity contribution in [3.05, 3.63) is 33.3 Å². The first-order chi connectivity index (χ1) is 8.87. The lowest BCUT2D eigenvalue weighted by Crippen LogP contribution is -2.29. The second-order valence-electron chi connectivity index (χ2n) is 3.63. The van der Waals surface area contributed by atoms with E-state index in [2.05, 4.69) is 10.0 Å². The Balaban J connectivity index is 2.76. The molecular weight excluding hydrogens is 294 g/mol. The molecule has 0 fully saturated rings. The minimum atomic E-state index is -3.37. The maximum atomic E-state index is 11.4. The summed E-state index contributed by atoms with van der Waals surface area (Å²) < 4.78 is 25.1. The van der Waals surface area contributed by atoms with Crippen LogP contribution < -0.4 is 10.0 Å². The predicted octanol–water partition coefficient (Wildman–Crippen LogP) is 1.60. The van der Waals surface area contributed by atoms with Gasteiger partial charge in [-0.15, -0.1) is 0 Å². The van der Waals surface area contributed by atoms with Crippen LogP contribution >= 0.6 is 11.6 Å². The molecule has 0 spiro atoms. The topological polar surface area (TPSA) is 101 Å². The molecule has 2 N–H and O–H groups in total. The van der Waals surface area contributed by atoms with Crippen LogP contribution in [0, 0.1) is 10.1 Å². The van der Waals surface area contributed by atoms with Gasteiger partial charge in [-0.1, -0.05) is 24.6 Å². The largest absolute Gasteiger partial charge is 0.377 e. The molecule has 0 amide bonds. The van der Waals surface area contributed by atoms with E-state index in [4.69, 9.17) is 11.6 Å². The highest BCUT2D eigenvalue weighted by Gasteiger charge is 2.17. The van der Waals surface area contributed by atoms with E-state index >= 15 is 0 Å². The van der Waals surface area contributed by atoms with Gasteiger partial charge in [0.1, 0.15) is 5.69 Å². The van der Waals surface area contributed by atoms with E-state index in [0.29, 0.717) is 6.54 Å². The summed E-state index contributed by atoms with van der Waals surface area (Å²) in [7, 11) is -3.37. The zero-order valence-corrected chi connectivity index (χ0v) is 11.8. The second kappa shape index (κ2) is 6.69. The van der Waals surface area contributed by atoms with Gasteiger partial charge in [-0.2, -0.15) is 0 Å². The third kappa shape index (κ3) is 4.66. The van der Waals surface area contributed by atoms with Crippen LogP contribution in [0.3, 0.4) is 0 Å². The molecule has 0 aromatic heterocycles. The molecule has 0 bridgehead atoms. The predicted molar refractivity (Wildman–Crippen MR) is 74.1 cm³/mol. The molecule has 0 saturated carbocycles. The number of anilines is 1. The Bertz CT molecular complexity index is 562. The van der Waals surface area contributed by atoms with Crippen molar-refractivity contribution in [3.8, 4) is 0 Å². The average Bonchev–Trinajstić information content (AvgIpc) is 2.30. The molecule has 0 aliphatic carbocycles. The third-order valence-electron chi connectivity index (χ3n) is 2.23. The molecule has 1 aromatic rings. The van der Waals surface area contributed by atoms with Crippen LogP contribution in [0.2, 0.25) is 5.02 Å². The zero-order chi connectivity index (χ0) is 14.5. The summed E-state index contributed by atoms with van der Waals surface area (Å²) in [4.78, 5) is 10.2. The van der Waals surface area contributed by atoms with Gasteiger partial charge in [-0.25, -0.2) is 13.1 Å². The molecule has 0 atom stereocenters. The molecule has 0 unspecified atom stereocenters.